The molecule has 7 heteroatoms. The van der Waals surface area contributed by atoms with E-state index in [2.05, 4.69) is 10.2 Å². The van der Waals surface area contributed by atoms with Gasteiger partial charge in [0.15, 0.2) is 0 Å². The third-order valence-corrected chi connectivity index (χ3v) is 4.72. The van der Waals surface area contributed by atoms with Gasteiger partial charge in [-0.2, -0.15) is 0 Å². The molecule has 154 valence electrons. The largest absolute Gasteiger partial charge is 0.492 e. The normalized spacial score (nSPS) is 14.4. The van der Waals surface area contributed by atoms with Crippen LogP contribution >= 0.6 is 0 Å². The van der Waals surface area contributed by atoms with Gasteiger partial charge in [-0.05, 0) is 48.4 Å². The molecule has 0 bridgehead atoms. The van der Waals surface area contributed by atoms with Crippen molar-refractivity contribution in [3.05, 3.63) is 64.7 Å². The highest BCUT2D eigenvalue weighted by atomic mass is 16.5. The number of carbonyl (C=O) groups is 2. The molecule has 2 aromatic carbocycles. The van der Waals surface area contributed by atoms with Crippen LogP contribution in [0.1, 0.15) is 31.8 Å². The number of hydrogen-bond donors (Lipinski definition) is 2. The number of morpholine rings is 1. The van der Waals surface area contributed by atoms with Crippen molar-refractivity contribution in [1.29, 1.82) is 0 Å². The second-order valence-electron chi connectivity index (χ2n) is 7.03. The number of amides is 1. The van der Waals surface area contributed by atoms with Crippen molar-refractivity contribution >= 4 is 11.9 Å². The van der Waals surface area contributed by atoms with Gasteiger partial charge < -0.3 is 19.9 Å². The fraction of sp³-hybridized carbons (Fsp3) is 0.364. The van der Waals surface area contributed by atoms with E-state index in [0.29, 0.717) is 18.7 Å². The van der Waals surface area contributed by atoms with Gasteiger partial charge >= 0.3 is 5.97 Å². The Labute approximate surface area is 170 Å². The molecule has 1 aliphatic heterocycles. The number of benzene rings is 2. The van der Waals surface area contributed by atoms with E-state index in [0.717, 1.165) is 49.7 Å². The van der Waals surface area contributed by atoms with Crippen LogP contribution in [0.3, 0.4) is 0 Å². The van der Waals surface area contributed by atoms with E-state index in [1.165, 1.54) is 12.1 Å². The van der Waals surface area contributed by atoms with Crippen molar-refractivity contribution in [2.45, 2.75) is 13.5 Å². The fourth-order valence-electron chi connectivity index (χ4n) is 3.18. The molecule has 0 unspecified atom stereocenters. The first-order valence-corrected chi connectivity index (χ1v) is 9.66. The lowest BCUT2D eigenvalue weighted by Crippen LogP contribution is -2.38. The lowest BCUT2D eigenvalue weighted by molar-refractivity contribution is 0.0322. The number of ether oxygens (including phenoxy) is 2. The standard InChI is InChI=1S/C22H26N2O5/c1-16-11-18(14-19(12-16)22(26)27)21(25)23-15-17-3-2-4-20(13-17)29-10-7-24-5-8-28-9-6-24/h2-4,11-14H,5-10,15H2,1H3,(H,23,25)(H,26,27). The molecule has 2 aromatic rings. The molecule has 0 radical (unpaired) electrons. The maximum atomic E-state index is 12.4. The van der Waals surface area contributed by atoms with E-state index in [1.807, 2.05) is 24.3 Å². The van der Waals surface area contributed by atoms with Crippen LogP contribution in [-0.4, -0.2) is 61.3 Å². The first-order chi connectivity index (χ1) is 14.0. The number of carboxylic acids is 1. The van der Waals surface area contributed by atoms with E-state index < -0.39 is 5.97 Å². The van der Waals surface area contributed by atoms with Crippen molar-refractivity contribution in [1.82, 2.24) is 10.2 Å². The average molecular weight is 398 g/mol. The molecule has 0 aromatic heterocycles. The molecular weight excluding hydrogens is 372 g/mol. The Morgan fingerprint density at radius 1 is 1.14 bits per heavy atom. The molecule has 0 aliphatic carbocycles. The summed E-state index contributed by atoms with van der Waals surface area (Å²) in [6, 6.07) is 12.2. The van der Waals surface area contributed by atoms with Crippen molar-refractivity contribution in [3.8, 4) is 5.75 Å². The first-order valence-electron chi connectivity index (χ1n) is 9.66. The summed E-state index contributed by atoms with van der Waals surface area (Å²) < 4.78 is 11.2. The molecule has 1 heterocycles. The summed E-state index contributed by atoms with van der Waals surface area (Å²) in [5.41, 5.74) is 2.07. The van der Waals surface area contributed by atoms with E-state index in [9.17, 15) is 9.59 Å². The van der Waals surface area contributed by atoms with E-state index >= 15 is 0 Å². The van der Waals surface area contributed by atoms with Gasteiger partial charge in [0.25, 0.3) is 5.91 Å². The van der Waals surface area contributed by atoms with Crippen LogP contribution in [0.4, 0.5) is 0 Å². The van der Waals surface area contributed by atoms with Gasteiger partial charge in [-0.1, -0.05) is 12.1 Å². The summed E-state index contributed by atoms with van der Waals surface area (Å²) in [5.74, 6) is -0.603. The summed E-state index contributed by atoms with van der Waals surface area (Å²) >= 11 is 0. The summed E-state index contributed by atoms with van der Waals surface area (Å²) in [5, 5.41) is 12.0. The highest BCUT2D eigenvalue weighted by molar-refractivity contribution is 5.97. The molecule has 3 rings (SSSR count). The van der Waals surface area contributed by atoms with Crippen molar-refractivity contribution in [2.75, 3.05) is 39.5 Å². The minimum Gasteiger partial charge on any atom is -0.492 e. The van der Waals surface area contributed by atoms with E-state index in [4.69, 9.17) is 14.6 Å². The van der Waals surface area contributed by atoms with Gasteiger partial charge in [0.05, 0.1) is 18.8 Å². The monoisotopic (exact) mass is 398 g/mol. The Bertz CT molecular complexity index is 862. The third kappa shape index (κ3) is 6.30. The second kappa shape index (κ2) is 10.0. The SMILES string of the molecule is Cc1cc(C(=O)O)cc(C(=O)NCc2cccc(OCCN3CCOCC3)c2)c1. The Balaban J connectivity index is 1.52. The molecule has 0 spiro atoms. The third-order valence-electron chi connectivity index (χ3n) is 4.72. The summed E-state index contributed by atoms with van der Waals surface area (Å²) in [6.07, 6.45) is 0. The van der Waals surface area contributed by atoms with Gasteiger partial charge in [0.1, 0.15) is 12.4 Å². The topological polar surface area (TPSA) is 88.1 Å². The zero-order valence-corrected chi connectivity index (χ0v) is 16.5. The van der Waals surface area contributed by atoms with Crippen LogP contribution in [0, 0.1) is 6.92 Å². The second-order valence-corrected chi connectivity index (χ2v) is 7.03. The molecule has 29 heavy (non-hydrogen) atoms. The lowest BCUT2D eigenvalue weighted by Gasteiger charge is -2.26. The van der Waals surface area contributed by atoms with Gasteiger partial charge in [-0.15, -0.1) is 0 Å². The lowest BCUT2D eigenvalue weighted by atomic mass is 10.1. The molecule has 0 atom stereocenters. The van der Waals surface area contributed by atoms with Gasteiger partial charge in [0.2, 0.25) is 0 Å². The number of nitrogens with one attached hydrogen (secondary N) is 1. The maximum absolute atomic E-state index is 12.4. The summed E-state index contributed by atoms with van der Waals surface area (Å²) in [4.78, 5) is 25.9. The van der Waals surface area contributed by atoms with Crippen LogP contribution in [-0.2, 0) is 11.3 Å². The number of nitrogens with zero attached hydrogens (tertiary/aromatic N) is 1. The minimum atomic E-state index is -1.05. The zero-order chi connectivity index (χ0) is 20.6. The number of aryl methyl sites for hydroxylation is 1. The Hall–Kier alpha value is -2.90. The van der Waals surface area contributed by atoms with Crippen LogP contribution in [0.25, 0.3) is 0 Å². The molecule has 2 N–H and O–H groups in total. The highest BCUT2D eigenvalue weighted by Crippen LogP contribution is 2.14. The predicted octanol–water partition coefficient (Wildman–Crippen LogP) is 2.33. The number of carbonyl (C=O) groups excluding carboxylic acids is 1. The fourth-order valence-corrected chi connectivity index (χ4v) is 3.18. The molecule has 0 saturated carbocycles. The molecule has 7 nitrogen and oxygen atoms in total. The van der Waals surface area contributed by atoms with Crippen molar-refractivity contribution in [3.63, 3.8) is 0 Å². The van der Waals surface area contributed by atoms with E-state index in [-0.39, 0.29) is 11.5 Å². The molecular formula is C22H26N2O5. The highest BCUT2D eigenvalue weighted by Gasteiger charge is 2.12. The quantitative estimate of drug-likeness (QED) is 0.710. The van der Waals surface area contributed by atoms with Gasteiger partial charge in [0, 0.05) is 31.7 Å². The molecule has 1 aliphatic rings. The van der Waals surface area contributed by atoms with Gasteiger partial charge in [-0.25, -0.2) is 4.79 Å². The van der Waals surface area contributed by atoms with Crippen LogP contribution < -0.4 is 10.1 Å². The zero-order valence-electron chi connectivity index (χ0n) is 16.5. The van der Waals surface area contributed by atoms with Crippen LogP contribution in [0.2, 0.25) is 0 Å². The van der Waals surface area contributed by atoms with Crippen molar-refractivity contribution < 1.29 is 24.2 Å². The Morgan fingerprint density at radius 2 is 1.90 bits per heavy atom. The molecule has 1 fully saturated rings. The number of carboxylic acid groups (broad SMARTS) is 1. The summed E-state index contributed by atoms with van der Waals surface area (Å²) in [6.45, 7) is 6.93. The smallest absolute Gasteiger partial charge is 0.335 e. The maximum Gasteiger partial charge on any atom is 0.335 e. The Kier molecular flexibility index (Phi) is 7.21. The number of aromatic carboxylic acids is 1. The number of hydrogen-bond acceptors (Lipinski definition) is 5. The molecule has 1 saturated heterocycles. The molecule has 1 amide bonds. The minimum absolute atomic E-state index is 0.103. The summed E-state index contributed by atoms with van der Waals surface area (Å²) in [7, 11) is 0. The first kappa shape index (κ1) is 20.8. The van der Waals surface area contributed by atoms with Gasteiger partial charge in [-0.3, -0.25) is 9.69 Å². The Morgan fingerprint density at radius 3 is 2.66 bits per heavy atom. The average Bonchev–Trinajstić information content (AvgIpc) is 2.72. The van der Waals surface area contributed by atoms with Crippen LogP contribution in [0.5, 0.6) is 5.75 Å². The van der Waals surface area contributed by atoms with Crippen molar-refractivity contribution in [2.24, 2.45) is 0 Å². The van der Waals surface area contributed by atoms with Crippen LogP contribution in [0.15, 0.2) is 42.5 Å². The van der Waals surface area contributed by atoms with E-state index in [1.54, 1.807) is 13.0 Å². The predicted molar refractivity (Wildman–Crippen MR) is 109 cm³/mol. The number of rotatable bonds is 8.